The number of nitrogens with one attached hydrogen (secondary N) is 1. The van der Waals surface area contributed by atoms with Crippen molar-refractivity contribution in [2.24, 2.45) is 0 Å². The van der Waals surface area contributed by atoms with Gasteiger partial charge in [-0.3, -0.25) is 0 Å². The van der Waals surface area contributed by atoms with E-state index in [1.165, 1.54) is 0 Å². The third kappa shape index (κ3) is 2.90. The maximum atomic E-state index is 5.62. The molecule has 0 unspecified atom stereocenters. The highest BCUT2D eigenvalue weighted by atomic mass is 16.5. The van der Waals surface area contributed by atoms with Crippen molar-refractivity contribution in [3.05, 3.63) is 12.4 Å². The number of anilines is 1. The third-order valence-corrected chi connectivity index (χ3v) is 3.06. The molecule has 0 amide bonds. The number of aromatic nitrogens is 2. The molecule has 1 aliphatic heterocycles. The summed E-state index contributed by atoms with van der Waals surface area (Å²) >= 11 is 0. The molecule has 1 aromatic rings. The van der Waals surface area contributed by atoms with Crippen LogP contribution in [0.15, 0.2) is 12.4 Å². The second-order valence-electron chi connectivity index (χ2n) is 5.52. The Morgan fingerprint density at radius 3 is 2.83 bits per heavy atom. The predicted octanol–water partition coefficient (Wildman–Crippen LogP) is 1.45. The molecular formula is C13H22N4O. The van der Waals surface area contributed by atoms with E-state index in [0.717, 1.165) is 25.5 Å². The quantitative estimate of drug-likeness (QED) is 0.880. The molecular weight excluding hydrogens is 228 g/mol. The maximum absolute atomic E-state index is 5.62. The third-order valence-electron chi connectivity index (χ3n) is 3.06. The van der Waals surface area contributed by atoms with Gasteiger partial charge in [0.1, 0.15) is 12.1 Å². The van der Waals surface area contributed by atoms with E-state index in [9.17, 15) is 0 Å². The summed E-state index contributed by atoms with van der Waals surface area (Å²) in [5, 5.41) is 3.41. The van der Waals surface area contributed by atoms with Gasteiger partial charge >= 0.3 is 0 Å². The summed E-state index contributed by atoms with van der Waals surface area (Å²) in [5.74, 6) is 1.58. The minimum Gasteiger partial charge on any atom is -0.475 e. The lowest BCUT2D eigenvalue weighted by atomic mass is 10.0. The fourth-order valence-electron chi connectivity index (χ4n) is 2.19. The first-order valence-electron chi connectivity index (χ1n) is 6.46. The molecule has 18 heavy (non-hydrogen) atoms. The van der Waals surface area contributed by atoms with Gasteiger partial charge in [-0.1, -0.05) is 0 Å². The second-order valence-corrected chi connectivity index (χ2v) is 5.52. The van der Waals surface area contributed by atoms with Crippen molar-refractivity contribution in [3.8, 4) is 5.88 Å². The van der Waals surface area contributed by atoms with E-state index in [4.69, 9.17) is 4.74 Å². The lowest BCUT2D eigenvalue weighted by molar-refractivity contribution is 0.232. The van der Waals surface area contributed by atoms with Gasteiger partial charge in [0.05, 0.1) is 6.10 Å². The minimum atomic E-state index is 0.0572. The summed E-state index contributed by atoms with van der Waals surface area (Å²) in [6, 6.07) is 1.92. The van der Waals surface area contributed by atoms with Gasteiger partial charge in [-0.15, -0.1) is 0 Å². The Morgan fingerprint density at radius 1 is 1.39 bits per heavy atom. The van der Waals surface area contributed by atoms with Crippen LogP contribution in [0.5, 0.6) is 5.88 Å². The average molecular weight is 250 g/mol. The number of hydrogen-bond acceptors (Lipinski definition) is 5. The van der Waals surface area contributed by atoms with Crippen LogP contribution in [0.4, 0.5) is 5.82 Å². The zero-order valence-corrected chi connectivity index (χ0v) is 11.6. The highest BCUT2D eigenvalue weighted by molar-refractivity contribution is 5.44. The zero-order valence-electron chi connectivity index (χ0n) is 11.6. The normalized spacial score (nSPS) is 19.1. The van der Waals surface area contributed by atoms with E-state index in [-0.39, 0.29) is 11.6 Å². The molecule has 1 N–H and O–H groups in total. The molecule has 1 fully saturated rings. The van der Waals surface area contributed by atoms with Crippen molar-refractivity contribution in [3.63, 3.8) is 0 Å². The molecule has 0 radical (unpaired) electrons. The molecule has 0 bridgehead atoms. The lowest BCUT2D eigenvalue weighted by Gasteiger charge is -2.43. The Kier molecular flexibility index (Phi) is 3.71. The van der Waals surface area contributed by atoms with E-state index >= 15 is 0 Å². The first-order valence-corrected chi connectivity index (χ1v) is 6.46. The zero-order chi connectivity index (χ0) is 13.2. The average Bonchev–Trinajstić information content (AvgIpc) is 2.27. The number of hydrogen-bond donors (Lipinski definition) is 1. The van der Waals surface area contributed by atoms with Crippen LogP contribution in [0.3, 0.4) is 0 Å². The first kappa shape index (κ1) is 13.1. The van der Waals surface area contributed by atoms with Crippen LogP contribution in [0.2, 0.25) is 0 Å². The molecule has 2 heterocycles. The number of piperazine rings is 1. The Bertz CT molecular complexity index is 406. The molecule has 1 saturated heterocycles. The minimum absolute atomic E-state index is 0.0572. The highest BCUT2D eigenvalue weighted by Gasteiger charge is 2.30. The van der Waals surface area contributed by atoms with Gasteiger partial charge in [-0.2, -0.15) is 0 Å². The summed E-state index contributed by atoms with van der Waals surface area (Å²) in [4.78, 5) is 10.8. The first-order chi connectivity index (χ1) is 8.49. The van der Waals surface area contributed by atoms with Gasteiger partial charge in [0.2, 0.25) is 5.88 Å². The molecule has 1 aromatic heterocycles. The molecule has 5 heteroatoms. The van der Waals surface area contributed by atoms with Gasteiger partial charge < -0.3 is 15.0 Å². The standard InChI is InChI=1S/C13H22N4O/c1-10(2)18-12-7-11(15-9-16-12)17-6-5-14-8-13(17,3)4/h7,9-10,14H,5-6,8H2,1-4H3. The van der Waals surface area contributed by atoms with Gasteiger partial charge in [0, 0.05) is 31.2 Å². The molecule has 0 saturated carbocycles. The van der Waals surface area contributed by atoms with E-state index in [1.807, 2.05) is 19.9 Å². The monoisotopic (exact) mass is 250 g/mol. The van der Waals surface area contributed by atoms with Crippen molar-refractivity contribution in [1.29, 1.82) is 0 Å². The summed E-state index contributed by atoms with van der Waals surface area (Å²) in [5.41, 5.74) is 0.0572. The largest absolute Gasteiger partial charge is 0.475 e. The summed E-state index contributed by atoms with van der Waals surface area (Å²) in [6.07, 6.45) is 1.70. The molecule has 5 nitrogen and oxygen atoms in total. The predicted molar refractivity (Wildman–Crippen MR) is 72.1 cm³/mol. The Morgan fingerprint density at radius 2 is 2.17 bits per heavy atom. The van der Waals surface area contributed by atoms with Crippen molar-refractivity contribution < 1.29 is 4.74 Å². The molecule has 100 valence electrons. The van der Waals surface area contributed by atoms with Crippen molar-refractivity contribution in [2.45, 2.75) is 39.3 Å². The van der Waals surface area contributed by atoms with Crippen LogP contribution in [0.1, 0.15) is 27.7 Å². The van der Waals surface area contributed by atoms with Gasteiger partial charge in [-0.05, 0) is 27.7 Å². The molecule has 0 atom stereocenters. The van der Waals surface area contributed by atoms with E-state index in [0.29, 0.717) is 5.88 Å². The molecule has 1 aliphatic rings. The fraction of sp³-hybridized carbons (Fsp3) is 0.692. The second kappa shape index (κ2) is 5.10. The Balaban J connectivity index is 2.21. The molecule has 0 spiro atoms. The van der Waals surface area contributed by atoms with Crippen molar-refractivity contribution in [2.75, 3.05) is 24.5 Å². The SMILES string of the molecule is CC(C)Oc1cc(N2CCNCC2(C)C)ncn1. The van der Waals surface area contributed by atoms with Gasteiger partial charge in [0.25, 0.3) is 0 Å². The fourth-order valence-corrected chi connectivity index (χ4v) is 2.19. The van der Waals surface area contributed by atoms with Crippen LogP contribution < -0.4 is 15.0 Å². The smallest absolute Gasteiger partial charge is 0.218 e. The number of rotatable bonds is 3. The Hall–Kier alpha value is -1.36. The van der Waals surface area contributed by atoms with Gasteiger partial charge in [-0.25, -0.2) is 9.97 Å². The lowest BCUT2D eigenvalue weighted by Crippen LogP contribution is -2.58. The topological polar surface area (TPSA) is 50.3 Å². The van der Waals surface area contributed by atoms with Crippen LogP contribution in [-0.2, 0) is 0 Å². The summed E-state index contributed by atoms with van der Waals surface area (Å²) in [6.45, 7) is 11.3. The van der Waals surface area contributed by atoms with Crippen LogP contribution in [0.25, 0.3) is 0 Å². The van der Waals surface area contributed by atoms with E-state index in [2.05, 4.69) is 34.0 Å². The highest BCUT2D eigenvalue weighted by Crippen LogP contribution is 2.25. The van der Waals surface area contributed by atoms with Crippen molar-refractivity contribution in [1.82, 2.24) is 15.3 Å². The number of ether oxygens (including phenoxy) is 1. The molecule has 0 aromatic carbocycles. The summed E-state index contributed by atoms with van der Waals surface area (Å²) < 4.78 is 5.62. The van der Waals surface area contributed by atoms with Gasteiger partial charge in [0.15, 0.2) is 0 Å². The van der Waals surface area contributed by atoms with Crippen LogP contribution in [0, 0.1) is 0 Å². The number of nitrogens with zero attached hydrogens (tertiary/aromatic N) is 3. The molecule has 2 rings (SSSR count). The van der Waals surface area contributed by atoms with Crippen LogP contribution >= 0.6 is 0 Å². The van der Waals surface area contributed by atoms with E-state index in [1.54, 1.807) is 6.33 Å². The summed E-state index contributed by atoms with van der Waals surface area (Å²) in [7, 11) is 0. The van der Waals surface area contributed by atoms with Crippen molar-refractivity contribution >= 4 is 5.82 Å². The Labute approximate surface area is 109 Å². The maximum Gasteiger partial charge on any atom is 0.218 e. The van der Waals surface area contributed by atoms with Crippen LogP contribution in [-0.4, -0.2) is 41.2 Å². The molecule has 0 aliphatic carbocycles. The van der Waals surface area contributed by atoms with E-state index < -0.39 is 0 Å².